The fourth-order valence-corrected chi connectivity index (χ4v) is 0.902. The molecule has 0 spiro atoms. The van der Waals surface area contributed by atoms with E-state index in [9.17, 15) is 0 Å². The summed E-state index contributed by atoms with van der Waals surface area (Å²) in [6.45, 7) is 8.39. The molecule has 0 saturated heterocycles. The van der Waals surface area contributed by atoms with Gasteiger partial charge in [-0.3, -0.25) is 0 Å². The Morgan fingerprint density at radius 2 is 2.42 bits per heavy atom. The summed E-state index contributed by atoms with van der Waals surface area (Å²) in [5, 5.41) is 0. The minimum Gasteiger partial charge on any atom is -0.478 e. The van der Waals surface area contributed by atoms with Crippen molar-refractivity contribution in [1.29, 1.82) is 0 Å². The zero-order chi connectivity index (χ0) is 8.97. The fourth-order valence-electron chi connectivity index (χ4n) is 0.902. The lowest BCUT2D eigenvalue weighted by atomic mass is 10.1. The molecule has 0 aliphatic heterocycles. The Bertz CT molecular complexity index is 281. The minimum absolute atomic E-state index is 0.645. The summed E-state index contributed by atoms with van der Waals surface area (Å²) in [4.78, 5) is 4.05. The maximum absolute atomic E-state index is 5.24. The van der Waals surface area contributed by atoms with Gasteiger partial charge in [-0.15, -0.1) is 0 Å². The molecule has 0 bridgehead atoms. The molecular weight excluding hydrogens is 150 g/mol. The molecule has 0 aromatic carbocycles. The van der Waals surface area contributed by atoms with Crippen LogP contribution in [0.5, 0.6) is 5.88 Å². The molecule has 0 radical (unpaired) electrons. The number of hydrogen-bond acceptors (Lipinski definition) is 2. The minimum atomic E-state index is 0.645. The first-order valence-corrected chi connectivity index (χ1v) is 3.98. The topological polar surface area (TPSA) is 22.1 Å². The normalized spacial score (nSPS) is 9.50. The van der Waals surface area contributed by atoms with Gasteiger partial charge in [0.05, 0.1) is 6.61 Å². The third-order valence-electron chi connectivity index (χ3n) is 1.52. The molecule has 2 nitrogen and oxygen atoms in total. The molecule has 12 heavy (non-hydrogen) atoms. The summed E-state index contributed by atoms with van der Waals surface area (Å²) in [6, 6.07) is 3.82. The molecule has 0 amide bonds. The van der Waals surface area contributed by atoms with Gasteiger partial charge >= 0.3 is 0 Å². The average Bonchev–Trinajstić information content (AvgIpc) is 2.05. The number of allylic oxidation sites excluding steroid dienone is 1. The molecule has 64 valence electrons. The van der Waals surface area contributed by atoms with Crippen LogP contribution < -0.4 is 4.74 Å². The largest absolute Gasteiger partial charge is 0.478 e. The molecule has 0 unspecified atom stereocenters. The van der Waals surface area contributed by atoms with Gasteiger partial charge in [0.2, 0.25) is 5.88 Å². The van der Waals surface area contributed by atoms with Crippen molar-refractivity contribution in [1.82, 2.24) is 4.98 Å². The predicted octanol–water partition coefficient (Wildman–Crippen LogP) is 2.51. The van der Waals surface area contributed by atoms with E-state index >= 15 is 0 Å². The Morgan fingerprint density at radius 3 is 3.00 bits per heavy atom. The van der Waals surface area contributed by atoms with E-state index < -0.39 is 0 Å². The van der Waals surface area contributed by atoms with Gasteiger partial charge in [0.15, 0.2) is 0 Å². The summed E-state index contributed by atoms with van der Waals surface area (Å²) in [5.74, 6) is 0.665. The van der Waals surface area contributed by atoms with Gasteiger partial charge < -0.3 is 4.74 Å². The Balaban J connectivity index is 2.88. The molecule has 0 saturated carbocycles. The summed E-state index contributed by atoms with van der Waals surface area (Å²) < 4.78 is 5.24. The number of ether oxygens (including phenoxy) is 1. The van der Waals surface area contributed by atoms with Crippen LogP contribution >= 0.6 is 0 Å². The molecule has 1 aromatic rings. The van der Waals surface area contributed by atoms with Gasteiger partial charge in [-0.1, -0.05) is 12.2 Å². The van der Waals surface area contributed by atoms with Crippen LogP contribution in [0, 0.1) is 0 Å². The van der Waals surface area contributed by atoms with E-state index in [2.05, 4.69) is 11.6 Å². The Morgan fingerprint density at radius 1 is 1.67 bits per heavy atom. The van der Waals surface area contributed by atoms with Crippen LogP contribution in [0.15, 0.2) is 24.9 Å². The summed E-state index contributed by atoms with van der Waals surface area (Å²) >= 11 is 0. The van der Waals surface area contributed by atoms with Crippen molar-refractivity contribution in [3.63, 3.8) is 0 Å². The van der Waals surface area contributed by atoms with E-state index in [0.717, 1.165) is 11.1 Å². The van der Waals surface area contributed by atoms with Gasteiger partial charge in [-0.2, -0.15) is 0 Å². The lowest BCUT2D eigenvalue weighted by Gasteiger charge is -2.03. The monoisotopic (exact) mass is 163 g/mol. The van der Waals surface area contributed by atoms with Crippen molar-refractivity contribution in [2.24, 2.45) is 0 Å². The third-order valence-corrected chi connectivity index (χ3v) is 1.52. The summed E-state index contributed by atoms with van der Waals surface area (Å²) in [5.41, 5.74) is 2.10. The lowest BCUT2D eigenvalue weighted by Crippen LogP contribution is -1.94. The smallest absolute Gasteiger partial charge is 0.213 e. The number of rotatable bonds is 3. The predicted molar refractivity (Wildman–Crippen MR) is 50.1 cm³/mol. The Labute approximate surface area is 72.9 Å². The third kappa shape index (κ3) is 2.09. The fraction of sp³-hybridized carbons (Fsp3) is 0.300. The van der Waals surface area contributed by atoms with Crippen molar-refractivity contribution < 1.29 is 4.74 Å². The van der Waals surface area contributed by atoms with Crippen LogP contribution in [0.2, 0.25) is 0 Å². The standard InChI is InChI=1S/C10H13NO/c1-4-12-10-7-9(8(2)3)5-6-11-10/h5-7H,2,4H2,1,3H3. The highest BCUT2D eigenvalue weighted by molar-refractivity contribution is 5.61. The van der Waals surface area contributed by atoms with Crippen LogP contribution in [-0.4, -0.2) is 11.6 Å². The van der Waals surface area contributed by atoms with Gasteiger partial charge in [-0.25, -0.2) is 4.98 Å². The number of nitrogens with zero attached hydrogens (tertiary/aromatic N) is 1. The Hall–Kier alpha value is -1.31. The van der Waals surface area contributed by atoms with Crippen LogP contribution in [0.4, 0.5) is 0 Å². The van der Waals surface area contributed by atoms with E-state index in [0.29, 0.717) is 12.5 Å². The molecule has 2 heteroatoms. The first-order valence-electron chi connectivity index (χ1n) is 3.98. The highest BCUT2D eigenvalue weighted by atomic mass is 16.5. The zero-order valence-electron chi connectivity index (χ0n) is 7.50. The second-order valence-electron chi connectivity index (χ2n) is 2.60. The first kappa shape index (κ1) is 8.78. The molecule has 0 N–H and O–H groups in total. The van der Waals surface area contributed by atoms with Crippen LogP contribution in [0.1, 0.15) is 19.4 Å². The van der Waals surface area contributed by atoms with E-state index in [-0.39, 0.29) is 0 Å². The van der Waals surface area contributed by atoms with Crippen molar-refractivity contribution in [3.8, 4) is 5.88 Å². The quantitative estimate of drug-likeness (QED) is 0.683. The maximum atomic E-state index is 5.24. The maximum Gasteiger partial charge on any atom is 0.213 e. The van der Waals surface area contributed by atoms with E-state index in [4.69, 9.17) is 4.74 Å². The van der Waals surface area contributed by atoms with Gasteiger partial charge in [-0.05, 0) is 25.5 Å². The lowest BCUT2D eigenvalue weighted by molar-refractivity contribution is 0.327. The van der Waals surface area contributed by atoms with Crippen molar-refractivity contribution in [3.05, 3.63) is 30.5 Å². The SMILES string of the molecule is C=C(C)c1ccnc(OCC)c1. The number of aromatic nitrogens is 1. The Kier molecular flexibility index (Phi) is 2.86. The van der Waals surface area contributed by atoms with E-state index in [1.807, 2.05) is 26.0 Å². The van der Waals surface area contributed by atoms with Crippen LogP contribution in [0.25, 0.3) is 5.57 Å². The van der Waals surface area contributed by atoms with Gasteiger partial charge in [0.25, 0.3) is 0 Å². The molecule has 1 rings (SSSR count). The molecule has 1 aromatic heterocycles. The second kappa shape index (κ2) is 3.90. The van der Waals surface area contributed by atoms with E-state index in [1.165, 1.54) is 0 Å². The highest BCUT2D eigenvalue weighted by Gasteiger charge is 1.96. The van der Waals surface area contributed by atoms with E-state index in [1.54, 1.807) is 6.20 Å². The number of hydrogen-bond donors (Lipinski definition) is 0. The van der Waals surface area contributed by atoms with Gasteiger partial charge in [0.1, 0.15) is 0 Å². The van der Waals surface area contributed by atoms with Crippen molar-refractivity contribution in [2.75, 3.05) is 6.61 Å². The highest BCUT2D eigenvalue weighted by Crippen LogP contribution is 2.15. The molecule has 0 aliphatic carbocycles. The second-order valence-corrected chi connectivity index (χ2v) is 2.60. The summed E-state index contributed by atoms with van der Waals surface area (Å²) in [7, 11) is 0. The zero-order valence-corrected chi connectivity index (χ0v) is 7.50. The van der Waals surface area contributed by atoms with Gasteiger partial charge in [0, 0.05) is 12.3 Å². The van der Waals surface area contributed by atoms with Crippen molar-refractivity contribution >= 4 is 5.57 Å². The van der Waals surface area contributed by atoms with Crippen molar-refractivity contribution in [2.45, 2.75) is 13.8 Å². The molecule has 0 fully saturated rings. The van der Waals surface area contributed by atoms with Crippen LogP contribution in [-0.2, 0) is 0 Å². The number of pyridine rings is 1. The average molecular weight is 163 g/mol. The van der Waals surface area contributed by atoms with Crippen LogP contribution in [0.3, 0.4) is 0 Å². The molecule has 0 aliphatic rings. The molecule has 1 heterocycles. The molecule has 0 atom stereocenters. The first-order chi connectivity index (χ1) is 5.74. The molecular formula is C10H13NO. The summed E-state index contributed by atoms with van der Waals surface area (Å²) in [6.07, 6.45) is 1.73.